The zero-order chi connectivity index (χ0) is 15.1. The Morgan fingerprint density at radius 2 is 1.76 bits per heavy atom. The van der Waals surface area contributed by atoms with E-state index in [0.29, 0.717) is 12.2 Å². The van der Waals surface area contributed by atoms with Crippen molar-refractivity contribution in [2.24, 2.45) is 5.73 Å². The maximum absolute atomic E-state index is 11.1. The van der Waals surface area contributed by atoms with Crippen molar-refractivity contribution < 1.29 is 14.6 Å². The van der Waals surface area contributed by atoms with Gasteiger partial charge in [0.2, 0.25) is 0 Å². The number of hydrogen-bond donors (Lipinski definition) is 2. The van der Waals surface area contributed by atoms with E-state index >= 15 is 0 Å². The van der Waals surface area contributed by atoms with E-state index in [2.05, 4.69) is 0 Å². The number of benzene rings is 2. The topological polar surface area (TPSA) is 72.5 Å². The fraction of sp³-hybridized carbons (Fsp3) is 0.235. The van der Waals surface area contributed by atoms with Crippen molar-refractivity contribution in [3.8, 4) is 0 Å². The highest BCUT2D eigenvalue weighted by Crippen LogP contribution is 2.10. The molecule has 1 atom stereocenters. The quantitative estimate of drug-likeness (QED) is 0.819. The molecule has 110 valence electrons. The lowest BCUT2D eigenvalue weighted by atomic mass is 10.1. The van der Waals surface area contributed by atoms with Gasteiger partial charge in [-0.25, -0.2) is 4.79 Å². The Kier molecular flexibility index (Phi) is 5.49. The van der Waals surface area contributed by atoms with E-state index in [-0.39, 0.29) is 18.2 Å². The number of carboxylic acid groups (broad SMARTS) is 1. The molecule has 2 aromatic carbocycles. The Morgan fingerprint density at radius 1 is 1.10 bits per heavy atom. The van der Waals surface area contributed by atoms with Gasteiger partial charge in [-0.3, -0.25) is 0 Å². The first-order valence-electron chi connectivity index (χ1n) is 6.85. The van der Waals surface area contributed by atoms with Crippen molar-refractivity contribution in [3.63, 3.8) is 0 Å². The number of carbonyl (C=O) groups is 1. The Balaban J connectivity index is 1.83. The monoisotopic (exact) mass is 285 g/mol. The summed E-state index contributed by atoms with van der Waals surface area (Å²) in [6.45, 7) is 0.647. The molecule has 0 aromatic heterocycles. The van der Waals surface area contributed by atoms with Crippen molar-refractivity contribution in [2.45, 2.75) is 19.1 Å². The third kappa shape index (κ3) is 4.70. The summed E-state index contributed by atoms with van der Waals surface area (Å²) in [5, 5.41) is 9.09. The first kappa shape index (κ1) is 15.2. The molecule has 1 unspecified atom stereocenters. The lowest BCUT2D eigenvalue weighted by Crippen LogP contribution is -2.28. The van der Waals surface area contributed by atoms with E-state index < -0.39 is 5.97 Å². The van der Waals surface area contributed by atoms with Crippen molar-refractivity contribution in [1.82, 2.24) is 0 Å². The second-order valence-corrected chi connectivity index (χ2v) is 4.93. The molecule has 0 bridgehead atoms. The predicted molar refractivity (Wildman–Crippen MR) is 81.2 cm³/mol. The van der Waals surface area contributed by atoms with Crippen molar-refractivity contribution in [3.05, 3.63) is 71.3 Å². The highest BCUT2D eigenvalue weighted by molar-refractivity contribution is 5.89. The summed E-state index contributed by atoms with van der Waals surface area (Å²) in [6.07, 6.45) is 0.738. The molecular weight excluding hydrogens is 266 g/mol. The summed E-state index contributed by atoms with van der Waals surface area (Å²) in [5.74, 6) is -0.942. The minimum absolute atomic E-state index is 0.107. The summed E-state index contributed by atoms with van der Waals surface area (Å²) < 4.78 is 5.56. The fourth-order valence-corrected chi connectivity index (χ4v) is 2.15. The van der Waals surface area contributed by atoms with E-state index in [1.54, 1.807) is 24.3 Å². The largest absolute Gasteiger partial charge is 0.478 e. The van der Waals surface area contributed by atoms with Gasteiger partial charge in [0.05, 0.1) is 18.8 Å². The molecule has 21 heavy (non-hydrogen) atoms. The number of nitrogens with two attached hydrogens (primary N) is 1. The molecule has 0 saturated heterocycles. The zero-order valence-corrected chi connectivity index (χ0v) is 11.7. The third-order valence-corrected chi connectivity index (χ3v) is 3.18. The van der Waals surface area contributed by atoms with E-state index in [0.717, 1.165) is 6.42 Å². The second kappa shape index (κ2) is 7.57. The van der Waals surface area contributed by atoms with Crippen LogP contribution in [0.3, 0.4) is 0 Å². The maximum Gasteiger partial charge on any atom is 0.336 e. The minimum atomic E-state index is -0.942. The van der Waals surface area contributed by atoms with Gasteiger partial charge in [0.1, 0.15) is 0 Å². The molecule has 0 aliphatic heterocycles. The first-order valence-corrected chi connectivity index (χ1v) is 6.85. The molecule has 3 N–H and O–H groups in total. The summed E-state index contributed by atoms with van der Waals surface area (Å²) in [5.41, 5.74) is 8.13. The second-order valence-electron chi connectivity index (χ2n) is 4.93. The van der Waals surface area contributed by atoms with E-state index in [9.17, 15) is 4.79 Å². The highest BCUT2D eigenvalue weighted by atomic mass is 16.5. The van der Waals surface area contributed by atoms with Gasteiger partial charge in [0.25, 0.3) is 0 Å². The normalized spacial score (nSPS) is 12.0. The Labute approximate surface area is 124 Å². The molecule has 4 nitrogen and oxygen atoms in total. The Hall–Kier alpha value is -2.17. The van der Waals surface area contributed by atoms with Crippen LogP contribution in [0.2, 0.25) is 0 Å². The molecule has 0 saturated carbocycles. The van der Waals surface area contributed by atoms with Crippen LogP contribution in [-0.4, -0.2) is 23.7 Å². The minimum Gasteiger partial charge on any atom is -0.478 e. The van der Waals surface area contributed by atoms with Gasteiger partial charge in [-0.15, -0.1) is 0 Å². The number of ether oxygens (including phenoxy) is 1. The molecular formula is C17H19NO3. The molecule has 0 fully saturated rings. The summed E-state index contributed by atoms with van der Waals surface area (Å²) in [6, 6.07) is 16.7. The van der Waals surface area contributed by atoms with Crippen molar-refractivity contribution in [1.29, 1.82) is 0 Å². The lowest BCUT2D eigenvalue weighted by molar-refractivity contribution is 0.0685. The molecule has 0 spiro atoms. The van der Waals surface area contributed by atoms with Crippen LogP contribution in [0.1, 0.15) is 21.5 Å². The van der Waals surface area contributed by atoms with Crippen LogP contribution >= 0.6 is 0 Å². The first-order chi connectivity index (χ1) is 10.2. The fourth-order valence-electron chi connectivity index (χ4n) is 2.15. The van der Waals surface area contributed by atoms with E-state index in [1.165, 1.54) is 5.56 Å². The molecule has 0 aliphatic rings. The van der Waals surface area contributed by atoms with E-state index in [1.807, 2.05) is 30.3 Å². The van der Waals surface area contributed by atoms with Gasteiger partial charge in [0.15, 0.2) is 0 Å². The van der Waals surface area contributed by atoms with Crippen LogP contribution in [0.15, 0.2) is 54.6 Å². The third-order valence-electron chi connectivity index (χ3n) is 3.18. The van der Waals surface area contributed by atoms with Gasteiger partial charge in [-0.1, -0.05) is 48.5 Å². The molecule has 0 amide bonds. The average Bonchev–Trinajstić information content (AvgIpc) is 2.48. The highest BCUT2D eigenvalue weighted by Gasteiger charge is 2.10. The Morgan fingerprint density at radius 3 is 2.48 bits per heavy atom. The maximum atomic E-state index is 11.1. The summed E-state index contributed by atoms with van der Waals surface area (Å²) in [7, 11) is 0. The van der Waals surface area contributed by atoms with Crippen molar-refractivity contribution >= 4 is 5.97 Å². The van der Waals surface area contributed by atoms with Crippen LogP contribution in [0.25, 0.3) is 0 Å². The van der Waals surface area contributed by atoms with Crippen molar-refractivity contribution in [2.75, 3.05) is 6.61 Å². The zero-order valence-electron chi connectivity index (χ0n) is 11.7. The lowest BCUT2D eigenvalue weighted by Gasteiger charge is -2.13. The molecule has 4 heteroatoms. The van der Waals surface area contributed by atoms with Crippen LogP contribution in [0.4, 0.5) is 0 Å². The molecule has 2 rings (SSSR count). The predicted octanol–water partition coefficient (Wildman–Crippen LogP) is 2.47. The van der Waals surface area contributed by atoms with Crippen LogP contribution < -0.4 is 5.73 Å². The summed E-state index contributed by atoms with van der Waals surface area (Å²) >= 11 is 0. The van der Waals surface area contributed by atoms with Crippen LogP contribution in [-0.2, 0) is 17.8 Å². The summed E-state index contributed by atoms with van der Waals surface area (Å²) in [4.78, 5) is 11.1. The number of aromatic carboxylic acids is 1. The SMILES string of the molecule is NC(COCc1ccccc1C(=O)O)Cc1ccccc1. The number of hydrogen-bond acceptors (Lipinski definition) is 3. The van der Waals surface area contributed by atoms with Crippen LogP contribution in [0, 0.1) is 0 Å². The smallest absolute Gasteiger partial charge is 0.336 e. The molecule has 0 radical (unpaired) electrons. The molecule has 0 aliphatic carbocycles. The van der Waals surface area contributed by atoms with Crippen LogP contribution in [0.5, 0.6) is 0 Å². The van der Waals surface area contributed by atoms with Gasteiger partial charge >= 0.3 is 5.97 Å². The molecule has 2 aromatic rings. The van der Waals surface area contributed by atoms with Gasteiger partial charge in [0, 0.05) is 6.04 Å². The number of carboxylic acids is 1. The average molecular weight is 285 g/mol. The number of rotatable bonds is 7. The standard InChI is InChI=1S/C17H19NO3/c18-15(10-13-6-2-1-3-7-13)12-21-11-14-8-4-5-9-16(14)17(19)20/h1-9,15H,10-12,18H2,(H,19,20). The van der Waals surface area contributed by atoms with Gasteiger partial charge in [-0.2, -0.15) is 0 Å². The van der Waals surface area contributed by atoms with E-state index in [4.69, 9.17) is 15.6 Å². The molecule has 0 heterocycles. The Bertz CT molecular complexity index is 584. The van der Waals surface area contributed by atoms with Gasteiger partial charge < -0.3 is 15.6 Å². The van der Waals surface area contributed by atoms with Gasteiger partial charge in [-0.05, 0) is 23.6 Å².